The van der Waals surface area contributed by atoms with Gasteiger partial charge in [0, 0.05) is 41.4 Å². The summed E-state index contributed by atoms with van der Waals surface area (Å²) in [4.78, 5) is 12.5. The van der Waals surface area contributed by atoms with E-state index >= 15 is 0 Å². The topological polar surface area (TPSA) is 71.9 Å². The molecule has 2 aromatic heterocycles. The number of H-pyrrole nitrogens is 1. The van der Waals surface area contributed by atoms with Crippen molar-refractivity contribution in [1.82, 2.24) is 20.1 Å². The Hall–Kier alpha value is -2.76. The van der Waals surface area contributed by atoms with Gasteiger partial charge in [-0.1, -0.05) is 6.42 Å². The lowest BCUT2D eigenvalue weighted by molar-refractivity contribution is 0.0946. The first-order chi connectivity index (χ1) is 12.8. The molecule has 6 heteroatoms. The van der Waals surface area contributed by atoms with Crippen molar-refractivity contribution in [2.45, 2.75) is 38.6 Å². The lowest BCUT2D eigenvalue weighted by Gasteiger charge is -2.08. The van der Waals surface area contributed by atoms with E-state index in [0.29, 0.717) is 18.8 Å². The summed E-state index contributed by atoms with van der Waals surface area (Å²) in [5, 5.41) is 11.5. The number of aromatic amines is 1. The molecule has 1 aromatic carbocycles. The van der Waals surface area contributed by atoms with Crippen molar-refractivity contribution in [1.29, 1.82) is 0 Å². The Balaban J connectivity index is 1.41. The molecule has 1 aliphatic rings. The molecule has 0 atom stereocenters. The molecule has 0 saturated carbocycles. The highest BCUT2D eigenvalue weighted by Crippen LogP contribution is 2.22. The third kappa shape index (κ3) is 3.19. The van der Waals surface area contributed by atoms with Gasteiger partial charge < -0.3 is 14.6 Å². The van der Waals surface area contributed by atoms with Crippen LogP contribution >= 0.6 is 0 Å². The summed E-state index contributed by atoms with van der Waals surface area (Å²) in [6.45, 7) is 1.28. The number of ether oxygens (including phenoxy) is 1. The maximum Gasteiger partial charge on any atom is 0.272 e. The zero-order valence-electron chi connectivity index (χ0n) is 15.0. The molecule has 136 valence electrons. The van der Waals surface area contributed by atoms with Gasteiger partial charge in [0.15, 0.2) is 5.69 Å². The van der Waals surface area contributed by atoms with Crippen molar-refractivity contribution < 1.29 is 9.53 Å². The van der Waals surface area contributed by atoms with Gasteiger partial charge in [0.05, 0.1) is 7.11 Å². The summed E-state index contributed by atoms with van der Waals surface area (Å²) >= 11 is 0. The third-order valence-electron chi connectivity index (χ3n) is 5.14. The van der Waals surface area contributed by atoms with Crippen LogP contribution in [0.25, 0.3) is 10.9 Å². The van der Waals surface area contributed by atoms with Crippen LogP contribution in [0.2, 0.25) is 0 Å². The summed E-state index contributed by atoms with van der Waals surface area (Å²) in [5.74, 6) is 0.769. The van der Waals surface area contributed by atoms with Crippen molar-refractivity contribution in [2.24, 2.45) is 0 Å². The Morgan fingerprint density at radius 2 is 2.15 bits per heavy atom. The number of hydrogen-bond acceptors (Lipinski definition) is 3. The number of aromatic nitrogens is 3. The standard InChI is InChI=1S/C20H24N4O2/c1-26-15-7-8-18-14(13-15)9-11-24(18)12-10-21-20(25)19-16-5-3-2-4-6-17(16)22-23-19/h7-9,11,13H,2-6,10,12H2,1H3,(H,21,25)(H,22,23). The first kappa shape index (κ1) is 16.7. The second-order valence-corrected chi connectivity index (χ2v) is 6.78. The number of hydrogen-bond donors (Lipinski definition) is 2. The van der Waals surface area contributed by atoms with Crippen LogP contribution in [0.15, 0.2) is 30.5 Å². The number of carbonyl (C=O) groups excluding carboxylic acids is 1. The Morgan fingerprint density at radius 3 is 3.04 bits per heavy atom. The average Bonchev–Trinajstić information content (AvgIpc) is 3.18. The van der Waals surface area contributed by atoms with Gasteiger partial charge in [-0.2, -0.15) is 5.10 Å². The maximum absolute atomic E-state index is 12.5. The minimum absolute atomic E-state index is 0.0810. The Kier molecular flexibility index (Phi) is 4.65. The van der Waals surface area contributed by atoms with Gasteiger partial charge in [0.1, 0.15) is 5.75 Å². The largest absolute Gasteiger partial charge is 0.497 e. The zero-order chi connectivity index (χ0) is 17.9. The molecule has 0 radical (unpaired) electrons. The van der Waals surface area contributed by atoms with Gasteiger partial charge in [-0.25, -0.2) is 0 Å². The first-order valence-corrected chi connectivity index (χ1v) is 9.23. The van der Waals surface area contributed by atoms with E-state index in [0.717, 1.165) is 47.2 Å². The van der Waals surface area contributed by atoms with Crippen molar-refractivity contribution in [3.05, 3.63) is 47.4 Å². The zero-order valence-corrected chi connectivity index (χ0v) is 15.0. The highest BCUT2D eigenvalue weighted by Gasteiger charge is 2.20. The fourth-order valence-corrected chi connectivity index (χ4v) is 3.72. The fourth-order valence-electron chi connectivity index (χ4n) is 3.72. The first-order valence-electron chi connectivity index (χ1n) is 9.23. The molecule has 1 aliphatic carbocycles. The van der Waals surface area contributed by atoms with Gasteiger partial charge >= 0.3 is 0 Å². The molecule has 0 fully saturated rings. The van der Waals surface area contributed by atoms with Crippen molar-refractivity contribution in [2.75, 3.05) is 13.7 Å². The van der Waals surface area contributed by atoms with E-state index in [1.165, 1.54) is 12.8 Å². The molecular formula is C20H24N4O2. The maximum atomic E-state index is 12.5. The van der Waals surface area contributed by atoms with Gasteiger partial charge in [-0.05, 0) is 49.9 Å². The van der Waals surface area contributed by atoms with Crippen LogP contribution in [-0.4, -0.2) is 34.3 Å². The van der Waals surface area contributed by atoms with Crippen molar-refractivity contribution in [3.8, 4) is 5.75 Å². The molecule has 4 rings (SSSR count). The minimum atomic E-state index is -0.0810. The highest BCUT2D eigenvalue weighted by molar-refractivity contribution is 5.94. The van der Waals surface area contributed by atoms with E-state index in [9.17, 15) is 4.79 Å². The van der Waals surface area contributed by atoms with E-state index in [4.69, 9.17) is 4.74 Å². The van der Waals surface area contributed by atoms with Crippen molar-refractivity contribution >= 4 is 16.8 Å². The van der Waals surface area contributed by atoms with Crippen LogP contribution in [0, 0.1) is 0 Å². The summed E-state index contributed by atoms with van der Waals surface area (Å²) in [6.07, 6.45) is 7.49. The molecule has 0 bridgehead atoms. The molecule has 6 nitrogen and oxygen atoms in total. The van der Waals surface area contributed by atoms with Crippen LogP contribution in [0.1, 0.15) is 41.0 Å². The predicted molar refractivity (Wildman–Crippen MR) is 101 cm³/mol. The number of nitrogens with one attached hydrogen (secondary N) is 2. The Bertz CT molecular complexity index is 925. The van der Waals surface area contributed by atoms with E-state index in [1.807, 2.05) is 24.4 Å². The second-order valence-electron chi connectivity index (χ2n) is 6.78. The lowest BCUT2D eigenvalue weighted by atomic mass is 10.1. The molecule has 0 saturated heterocycles. The van der Waals surface area contributed by atoms with Crippen LogP contribution in [0.4, 0.5) is 0 Å². The van der Waals surface area contributed by atoms with Crippen molar-refractivity contribution in [3.63, 3.8) is 0 Å². The van der Waals surface area contributed by atoms with Crippen LogP contribution in [0.5, 0.6) is 5.75 Å². The normalized spacial score (nSPS) is 14.0. The Labute approximate surface area is 152 Å². The number of methoxy groups -OCH3 is 1. The predicted octanol–water partition coefficient (Wildman–Crippen LogP) is 3.07. The Morgan fingerprint density at radius 1 is 1.27 bits per heavy atom. The summed E-state index contributed by atoms with van der Waals surface area (Å²) in [6, 6.07) is 8.08. The van der Waals surface area contributed by atoms with Gasteiger partial charge in [0.2, 0.25) is 0 Å². The number of aryl methyl sites for hydroxylation is 1. The molecule has 0 unspecified atom stereocenters. The van der Waals surface area contributed by atoms with Crippen LogP contribution < -0.4 is 10.1 Å². The molecule has 0 aliphatic heterocycles. The minimum Gasteiger partial charge on any atom is -0.497 e. The summed E-state index contributed by atoms with van der Waals surface area (Å²) < 4.78 is 7.40. The van der Waals surface area contributed by atoms with Gasteiger partial charge in [-0.15, -0.1) is 0 Å². The fraction of sp³-hybridized carbons (Fsp3) is 0.400. The monoisotopic (exact) mass is 352 g/mol. The number of rotatable bonds is 5. The van der Waals surface area contributed by atoms with Crippen LogP contribution in [0.3, 0.4) is 0 Å². The number of benzene rings is 1. The second kappa shape index (κ2) is 7.23. The van der Waals surface area contributed by atoms with Crippen LogP contribution in [-0.2, 0) is 19.4 Å². The SMILES string of the molecule is COc1ccc2c(ccn2CCNC(=O)c2n[nH]c3c2CCCCC3)c1. The molecule has 26 heavy (non-hydrogen) atoms. The summed E-state index contributed by atoms with van der Waals surface area (Å²) in [5.41, 5.74) is 3.95. The number of nitrogens with zero attached hydrogens (tertiary/aromatic N) is 2. The number of fused-ring (bicyclic) bond motifs is 2. The highest BCUT2D eigenvalue weighted by atomic mass is 16.5. The summed E-state index contributed by atoms with van der Waals surface area (Å²) in [7, 11) is 1.67. The molecule has 3 aromatic rings. The van der Waals surface area contributed by atoms with E-state index < -0.39 is 0 Å². The van der Waals surface area contributed by atoms with Gasteiger partial charge in [-0.3, -0.25) is 9.89 Å². The van der Waals surface area contributed by atoms with E-state index in [2.05, 4.69) is 26.1 Å². The number of carbonyl (C=O) groups is 1. The van der Waals surface area contributed by atoms with E-state index in [-0.39, 0.29) is 5.91 Å². The average molecular weight is 352 g/mol. The molecule has 2 N–H and O–H groups in total. The molecule has 2 heterocycles. The number of amides is 1. The quantitative estimate of drug-likeness (QED) is 0.693. The molecule has 1 amide bonds. The van der Waals surface area contributed by atoms with Gasteiger partial charge in [0.25, 0.3) is 5.91 Å². The van der Waals surface area contributed by atoms with E-state index in [1.54, 1.807) is 7.11 Å². The smallest absolute Gasteiger partial charge is 0.272 e. The molecule has 0 spiro atoms. The lowest BCUT2D eigenvalue weighted by Crippen LogP contribution is -2.28. The molecular weight excluding hydrogens is 328 g/mol. The third-order valence-corrected chi connectivity index (χ3v) is 5.14.